The fourth-order valence-electron chi connectivity index (χ4n) is 5.84. The molecule has 0 radical (unpaired) electrons. The molecule has 3 aliphatic heterocycles. The summed E-state index contributed by atoms with van der Waals surface area (Å²) in [6, 6.07) is 5.72. The molecule has 0 aliphatic carbocycles. The first-order valence-electron chi connectivity index (χ1n) is 12.9. The Bertz CT molecular complexity index is 1110. The first-order chi connectivity index (χ1) is 18.7. The molecule has 3 heterocycles. The molecule has 1 amide bonds. The number of alkyl halides is 6. The fourth-order valence-corrected chi connectivity index (χ4v) is 6.75. The van der Waals surface area contributed by atoms with E-state index in [1.54, 1.807) is 0 Å². The number of amides is 1. The lowest BCUT2D eigenvalue weighted by atomic mass is 9.85. The highest BCUT2D eigenvalue weighted by Gasteiger charge is 2.60. The molecule has 0 bridgehead atoms. The number of nitrogens with zero attached hydrogens (tertiary/aromatic N) is 4. The number of benzene rings is 1. The summed E-state index contributed by atoms with van der Waals surface area (Å²) < 4.78 is 103. The van der Waals surface area contributed by atoms with E-state index < -0.39 is 35.3 Å². The van der Waals surface area contributed by atoms with E-state index in [1.165, 1.54) is 0 Å². The Kier molecular flexibility index (Phi) is 9.37. The zero-order valence-electron chi connectivity index (χ0n) is 21.5. The van der Waals surface area contributed by atoms with Crippen LogP contribution in [0.3, 0.4) is 0 Å². The van der Waals surface area contributed by atoms with Gasteiger partial charge in [0.1, 0.15) is 0 Å². The fraction of sp³-hybridized carbons (Fsp3) is 0.708. The average Bonchev–Trinajstić information content (AvgIpc) is 3.24. The van der Waals surface area contributed by atoms with Crippen molar-refractivity contribution < 1.29 is 44.3 Å². The van der Waals surface area contributed by atoms with Crippen LogP contribution in [-0.2, 0) is 22.0 Å². The Morgan fingerprint density at radius 1 is 0.950 bits per heavy atom. The summed E-state index contributed by atoms with van der Waals surface area (Å²) in [7, 11) is -2.48. The van der Waals surface area contributed by atoms with Gasteiger partial charge in [0.05, 0.1) is 16.6 Å². The number of rotatable bonds is 6. The van der Waals surface area contributed by atoms with Crippen LogP contribution in [0.2, 0.25) is 5.02 Å². The second-order valence-corrected chi connectivity index (χ2v) is 11.7. The maximum Gasteiger partial charge on any atom is 0.434 e. The Hall–Kier alpha value is -1.97. The predicted octanol–water partition coefficient (Wildman–Crippen LogP) is 4.09. The van der Waals surface area contributed by atoms with E-state index >= 15 is 0 Å². The Morgan fingerprint density at radius 3 is 2.15 bits per heavy atom. The van der Waals surface area contributed by atoms with Gasteiger partial charge in [0.2, 0.25) is 0 Å². The SMILES string of the molecule is O=C(OC(C(F)(F)F)C(F)(F)F)N1CCC2(CCCN2Cc2cccc(N3CCN(C[SH](=O)=O)CC3)c2Cl)CC1. The van der Waals surface area contributed by atoms with Crippen LogP contribution >= 0.6 is 11.6 Å². The van der Waals surface area contributed by atoms with E-state index in [0.717, 1.165) is 35.5 Å². The van der Waals surface area contributed by atoms with Crippen LogP contribution in [0.15, 0.2) is 18.2 Å². The van der Waals surface area contributed by atoms with E-state index in [9.17, 15) is 39.6 Å². The molecule has 0 aromatic heterocycles. The van der Waals surface area contributed by atoms with Crippen molar-refractivity contribution in [1.82, 2.24) is 14.7 Å². The molecule has 3 fully saturated rings. The molecular weight excluding hydrogens is 590 g/mol. The Balaban J connectivity index is 1.38. The van der Waals surface area contributed by atoms with Gasteiger partial charge in [-0.1, -0.05) is 23.7 Å². The molecule has 40 heavy (non-hydrogen) atoms. The van der Waals surface area contributed by atoms with Gasteiger partial charge < -0.3 is 14.5 Å². The van der Waals surface area contributed by atoms with Gasteiger partial charge in [0.15, 0.2) is 10.7 Å². The molecule has 1 aromatic rings. The van der Waals surface area contributed by atoms with Crippen molar-refractivity contribution in [3.63, 3.8) is 0 Å². The monoisotopic (exact) mass is 620 g/mol. The summed E-state index contributed by atoms with van der Waals surface area (Å²) in [5, 5.41) is 0.583. The number of halogens is 7. The van der Waals surface area contributed by atoms with Gasteiger partial charge in [-0.3, -0.25) is 9.80 Å². The van der Waals surface area contributed by atoms with Crippen molar-refractivity contribution in [2.45, 2.75) is 56.2 Å². The van der Waals surface area contributed by atoms with Gasteiger partial charge in [0, 0.05) is 51.4 Å². The van der Waals surface area contributed by atoms with Gasteiger partial charge in [-0.25, -0.2) is 13.2 Å². The summed E-state index contributed by atoms with van der Waals surface area (Å²) in [6.45, 7) is 3.61. The number of carbonyl (C=O) groups is 1. The highest BCUT2D eigenvalue weighted by molar-refractivity contribution is 7.72. The summed E-state index contributed by atoms with van der Waals surface area (Å²) in [5.41, 5.74) is 1.37. The Morgan fingerprint density at radius 2 is 1.57 bits per heavy atom. The molecular formula is C24H31ClF6N4O4S. The number of piperidine rings is 1. The summed E-state index contributed by atoms with van der Waals surface area (Å²) >= 11 is 6.82. The molecule has 1 aromatic carbocycles. The lowest BCUT2D eigenvalue weighted by molar-refractivity contribution is -0.308. The minimum atomic E-state index is -5.76. The highest BCUT2D eigenvalue weighted by atomic mass is 35.5. The molecule has 0 atom stereocenters. The third-order valence-corrected chi connectivity index (χ3v) is 9.02. The smallest absolute Gasteiger partial charge is 0.426 e. The van der Waals surface area contributed by atoms with E-state index in [2.05, 4.69) is 14.5 Å². The predicted molar refractivity (Wildman–Crippen MR) is 136 cm³/mol. The second-order valence-electron chi connectivity index (χ2n) is 10.4. The number of carbonyl (C=O) groups excluding carboxylic acids is 1. The Labute approximate surface area is 234 Å². The number of hydrogen-bond acceptors (Lipinski definition) is 7. The normalized spacial score (nSPS) is 21.1. The molecule has 4 rings (SSSR count). The molecule has 226 valence electrons. The topological polar surface area (TPSA) is 73.4 Å². The lowest BCUT2D eigenvalue weighted by Gasteiger charge is -2.45. The van der Waals surface area contributed by atoms with Crippen LogP contribution in [0.25, 0.3) is 0 Å². The highest BCUT2D eigenvalue weighted by Crippen LogP contribution is 2.42. The van der Waals surface area contributed by atoms with Crippen LogP contribution in [-0.4, -0.2) is 105 Å². The third-order valence-electron chi connectivity index (χ3n) is 7.95. The van der Waals surface area contributed by atoms with E-state index in [4.69, 9.17) is 11.6 Å². The number of likely N-dealkylation sites (tertiary alicyclic amines) is 2. The molecule has 0 N–H and O–H groups in total. The van der Waals surface area contributed by atoms with Crippen molar-refractivity contribution >= 4 is 34.1 Å². The minimum absolute atomic E-state index is 0.0222. The first-order valence-corrected chi connectivity index (χ1v) is 14.6. The minimum Gasteiger partial charge on any atom is -0.426 e. The van der Waals surface area contributed by atoms with Crippen molar-refractivity contribution in [2.24, 2.45) is 0 Å². The number of anilines is 1. The molecule has 1 spiro atoms. The second kappa shape index (κ2) is 12.1. The zero-order chi connectivity index (χ0) is 29.3. The number of thiol groups is 1. The van der Waals surface area contributed by atoms with Gasteiger partial charge in [-0.05, 0) is 43.9 Å². The zero-order valence-corrected chi connectivity index (χ0v) is 23.2. The van der Waals surface area contributed by atoms with E-state index in [-0.39, 0.29) is 24.5 Å². The van der Waals surface area contributed by atoms with Crippen LogP contribution in [0.1, 0.15) is 31.2 Å². The van der Waals surface area contributed by atoms with Gasteiger partial charge in [-0.2, -0.15) is 26.3 Å². The van der Waals surface area contributed by atoms with Crippen LogP contribution in [0.5, 0.6) is 0 Å². The van der Waals surface area contributed by atoms with Gasteiger partial charge in [-0.15, -0.1) is 0 Å². The maximum absolute atomic E-state index is 12.8. The van der Waals surface area contributed by atoms with Crippen molar-refractivity contribution in [1.29, 1.82) is 0 Å². The van der Waals surface area contributed by atoms with Crippen LogP contribution < -0.4 is 4.90 Å². The summed E-state index contributed by atoms with van der Waals surface area (Å²) in [6.07, 6.45) is -14.9. The van der Waals surface area contributed by atoms with Crippen molar-refractivity contribution in [2.75, 3.05) is 56.6 Å². The molecule has 0 unspecified atom stereocenters. The largest absolute Gasteiger partial charge is 0.434 e. The molecule has 8 nitrogen and oxygen atoms in total. The maximum atomic E-state index is 12.8. The molecule has 16 heteroatoms. The number of hydrogen-bond donors (Lipinski definition) is 1. The van der Waals surface area contributed by atoms with Gasteiger partial charge >= 0.3 is 18.4 Å². The average molecular weight is 621 g/mol. The first kappa shape index (κ1) is 31.0. The van der Waals surface area contributed by atoms with Crippen molar-refractivity contribution in [3.05, 3.63) is 28.8 Å². The summed E-state index contributed by atoms with van der Waals surface area (Å²) in [4.78, 5) is 19.3. The molecule has 3 aliphatic rings. The standard InChI is InChI=1S/C24H31ClF6N4O4S/c25-19-17(3-1-4-18(19)33-13-11-32(12-14-33)16-40(37)38)15-35-8-2-5-22(35)6-9-34(10-7-22)21(36)39-20(23(26,27)28)24(29,30)31/h1,3-4,20,40H,2,5-16H2. The van der Waals surface area contributed by atoms with E-state index in [0.29, 0.717) is 50.6 Å². The van der Waals surface area contributed by atoms with Gasteiger partial charge in [0.25, 0.3) is 6.10 Å². The quantitative estimate of drug-likeness (QED) is 0.380. The lowest BCUT2D eigenvalue weighted by Crippen LogP contribution is -2.54. The summed E-state index contributed by atoms with van der Waals surface area (Å²) in [5.74, 6) is 0.0222. The van der Waals surface area contributed by atoms with E-state index in [1.807, 2.05) is 23.1 Å². The molecule has 3 saturated heterocycles. The van der Waals surface area contributed by atoms with Crippen LogP contribution in [0.4, 0.5) is 36.8 Å². The van der Waals surface area contributed by atoms with Crippen molar-refractivity contribution in [3.8, 4) is 0 Å². The number of piperazine rings is 1. The third kappa shape index (κ3) is 7.08. The van der Waals surface area contributed by atoms with Crippen LogP contribution in [0, 0.1) is 0 Å². The number of ether oxygens (including phenoxy) is 1. The molecule has 0 saturated carbocycles.